The van der Waals surface area contributed by atoms with Crippen LogP contribution < -0.4 is 4.74 Å². The highest BCUT2D eigenvalue weighted by atomic mass is 19.3. The Labute approximate surface area is 217 Å². The van der Waals surface area contributed by atoms with Gasteiger partial charge >= 0.3 is 12.1 Å². The molecule has 0 saturated carbocycles. The van der Waals surface area contributed by atoms with Gasteiger partial charge in [-0.15, -0.1) is 0 Å². The predicted molar refractivity (Wildman–Crippen MR) is 121 cm³/mol. The highest BCUT2D eigenvalue weighted by Crippen LogP contribution is 2.41. The summed E-state index contributed by atoms with van der Waals surface area (Å²) in [6.45, 7) is 3.69. The minimum atomic E-state index is -4.68. The van der Waals surface area contributed by atoms with Crippen molar-refractivity contribution in [3.8, 4) is 16.9 Å². The lowest BCUT2D eigenvalue weighted by Crippen LogP contribution is -2.46. The molecule has 210 valence electrons. The highest BCUT2D eigenvalue weighted by molar-refractivity contribution is 5.65. The molecular formula is C27H22F8O4. The second-order valence-corrected chi connectivity index (χ2v) is 9.55. The molecule has 1 saturated heterocycles. The third-order valence-corrected chi connectivity index (χ3v) is 6.27. The van der Waals surface area contributed by atoms with E-state index in [0.717, 1.165) is 18.6 Å². The second-order valence-electron chi connectivity index (χ2n) is 9.55. The number of rotatable bonds is 7. The number of hydrogen-bond donors (Lipinski definition) is 1. The molecule has 0 aromatic heterocycles. The zero-order valence-electron chi connectivity index (χ0n) is 20.6. The standard InChI is InChI=1S/C27H22F8O4/c1-3-6-25(2)12-37-27(36,38-13-25)15-9-19(29)23(20(30)10-15)26(34,35)39-16-4-5-17(18(28)11-16)14-7-21(31)24(33)22(32)8-14/h4-5,7-11,36H,3,6,12-13H2,1-2H3. The summed E-state index contributed by atoms with van der Waals surface area (Å²) in [6.07, 6.45) is -3.22. The molecule has 4 nitrogen and oxygen atoms in total. The van der Waals surface area contributed by atoms with E-state index >= 15 is 0 Å². The first-order valence-corrected chi connectivity index (χ1v) is 11.7. The van der Waals surface area contributed by atoms with Crippen LogP contribution in [0.1, 0.15) is 37.8 Å². The largest absolute Gasteiger partial charge is 0.432 e. The van der Waals surface area contributed by atoms with Crippen LogP contribution in [0.2, 0.25) is 0 Å². The molecule has 0 radical (unpaired) electrons. The molecule has 0 aliphatic carbocycles. The van der Waals surface area contributed by atoms with Crippen molar-refractivity contribution in [2.75, 3.05) is 13.2 Å². The zero-order valence-corrected chi connectivity index (χ0v) is 20.6. The zero-order chi connectivity index (χ0) is 28.8. The van der Waals surface area contributed by atoms with E-state index in [1.54, 1.807) is 0 Å². The van der Waals surface area contributed by atoms with E-state index < -0.39 is 80.4 Å². The maximum Gasteiger partial charge on any atom is 0.432 e. The summed E-state index contributed by atoms with van der Waals surface area (Å²) in [4.78, 5) is 0. The first-order chi connectivity index (χ1) is 18.2. The molecule has 0 unspecified atom stereocenters. The summed E-state index contributed by atoms with van der Waals surface area (Å²) >= 11 is 0. The predicted octanol–water partition coefficient (Wildman–Crippen LogP) is 7.27. The van der Waals surface area contributed by atoms with Crippen molar-refractivity contribution >= 4 is 0 Å². The van der Waals surface area contributed by atoms with Crippen molar-refractivity contribution in [1.29, 1.82) is 0 Å². The van der Waals surface area contributed by atoms with Crippen molar-refractivity contribution in [2.24, 2.45) is 5.41 Å². The molecule has 0 bridgehead atoms. The van der Waals surface area contributed by atoms with Gasteiger partial charge in [-0.1, -0.05) is 20.3 Å². The summed E-state index contributed by atoms with van der Waals surface area (Å²) in [5, 5.41) is 10.6. The van der Waals surface area contributed by atoms with Crippen LogP contribution in [-0.4, -0.2) is 18.3 Å². The summed E-state index contributed by atoms with van der Waals surface area (Å²) < 4.78 is 129. The molecule has 1 aliphatic rings. The highest BCUT2D eigenvalue weighted by Gasteiger charge is 2.46. The van der Waals surface area contributed by atoms with E-state index in [9.17, 15) is 40.2 Å². The maximum absolute atomic E-state index is 14.8. The van der Waals surface area contributed by atoms with E-state index in [1.807, 2.05) is 13.8 Å². The van der Waals surface area contributed by atoms with Gasteiger partial charge in [-0.05, 0) is 48.4 Å². The fraction of sp³-hybridized carbons (Fsp3) is 0.333. The lowest BCUT2D eigenvalue weighted by Gasteiger charge is -2.41. The third-order valence-electron chi connectivity index (χ3n) is 6.27. The van der Waals surface area contributed by atoms with Crippen LogP contribution in [0.4, 0.5) is 35.1 Å². The van der Waals surface area contributed by atoms with Crippen molar-refractivity contribution in [3.05, 3.63) is 88.5 Å². The Kier molecular flexibility index (Phi) is 7.67. The van der Waals surface area contributed by atoms with E-state index in [4.69, 9.17) is 9.47 Å². The normalized spacial score (nSPS) is 21.7. The lowest BCUT2D eigenvalue weighted by molar-refractivity contribution is -0.415. The van der Waals surface area contributed by atoms with Gasteiger partial charge in [0, 0.05) is 22.6 Å². The van der Waals surface area contributed by atoms with Crippen molar-refractivity contribution in [2.45, 2.75) is 38.8 Å². The van der Waals surface area contributed by atoms with Crippen LogP contribution in [0.15, 0.2) is 42.5 Å². The Morgan fingerprint density at radius 3 is 1.92 bits per heavy atom. The summed E-state index contributed by atoms with van der Waals surface area (Å²) in [7, 11) is 0. The average Bonchev–Trinajstić information content (AvgIpc) is 2.84. The van der Waals surface area contributed by atoms with Crippen LogP contribution in [0.5, 0.6) is 5.75 Å². The van der Waals surface area contributed by atoms with Gasteiger partial charge in [0.05, 0.1) is 13.2 Å². The van der Waals surface area contributed by atoms with Crippen LogP contribution in [0.3, 0.4) is 0 Å². The van der Waals surface area contributed by atoms with Crippen molar-refractivity contribution in [3.63, 3.8) is 0 Å². The Balaban J connectivity index is 1.58. The molecule has 1 heterocycles. The summed E-state index contributed by atoms with van der Waals surface area (Å²) in [5.41, 5.74) is -3.84. The molecule has 1 aliphatic heterocycles. The fourth-order valence-electron chi connectivity index (χ4n) is 4.28. The number of halogens is 8. The minimum Gasteiger partial charge on any atom is -0.429 e. The SMILES string of the molecule is CCCC1(C)COC(O)(c2cc(F)c(C(F)(F)Oc3ccc(-c4cc(F)c(F)c(F)c4)c(F)c3)c(F)c2)OC1. The van der Waals surface area contributed by atoms with Crippen LogP contribution in [-0.2, 0) is 21.6 Å². The number of ether oxygens (including phenoxy) is 3. The quantitative estimate of drug-likeness (QED) is 0.243. The summed E-state index contributed by atoms with van der Waals surface area (Å²) in [6, 6.07) is 3.76. The molecule has 12 heteroatoms. The molecule has 39 heavy (non-hydrogen) atoms. The monoisotopic (exact) mass is 562 g/mol. The van der Waals surface area contributed by atoms with Crippen molar-refractivity contribution < 1.29 is 54.4 Å². The van der Waals surface area contributed by atoms with Gasteiger partial charge in [-0.2, -0.15) is 8.78 Å². The van der Waals surface area contributed by atoms with E-state index in [-0.39, 0.29) is 13.2 Å². The van der Waals surface area contributed by atoms with Gasteiger partial charge < -0.3 is 19.3 Å². The molecule has 3 aromatic rings. The van der Waals surface area contributed by atoms with Gasteiger partial charge in [-0.25, -0.2) is 26.3 Å². The smallest absolute Gasteiger partial charge is 0.429 e. The number of benzene rings is 3. The van der Waals surface area contributed by atoms with Crippen LogP contribution in [0, 0.1) is 40.3 Å². The number of aliphatic hydroxyl groups is 1. The van der Waals surface area contributed by atoms with E-state index in [0.29, 0.717) is 36.8 Å². The Hall–Kier alpha value is -3.22. The summed E-state index contributed by atoms with van der Waals surface area (Å²) in [5.74, 6) is -13.4. The molecular weight excluding hydrogens is 540 g/mol. The fourth-order valence-corrected chi connectivity index (χ4v) is 4.28. The van der Waals surface area contributed by atoms with Gasteiger partial charge in [0.15, 0.2) is 17.5 Å². The van der Waals surface area contributed by atoms with Gasteiger partial charge in [0.25, 0.3) is 0 Å². The molecule has 0 spiro atoms. The first-order valence-electron chi connectivity index (χ1n) is 11.7. The lowest BCUT2D eigenvalue weighted by atomic mass is 9.86. The number of alkyl halides is 2. The Bertz CT molecular complexity index is 1340. The van der Waals surface area contributed by atoms with Gasteiger partial charge in [-0.3, -0.25) is 0 Å². The topological polar surface area (TPSA) is 47.9 Å². The van der Waals surface area contributed by atoms with Gasteiger partial charge in [0.2, 0.25) is 0 Å². The molecule has 0 atom stereocenters. The first kappa shape index (κ1) is 28.8. The molecule has 0 amide bonds. The Morgan fingerprint density at radius 2 is 1.41 bits per heavy atom. The molecule has 3 aromatic carbocycles. The average molecular weight is 562 g/mol. The van der Waals surface area contributed by atoms with Crippen LogP contribution in [0.25, 0.3) is 11.1 Å². The van der Waals surface area contributed by atoms with Crippen LogP contribution >= 0.6 is 0 Å². The molecule has 4 rings (SSSR count). The third kappa shape index (κ3) is 5.73. The van der Waals surface area contributed by atoms with E-state index in [1.165, 1.54) is 0 Å². The Morgan fingerprint density at radius 1 is 0.846 bits per heavy atom. The second kappa shape index (κ2) is 10.4. The number of hydrogen-bond acceptors (Lipinski definition) is 4. The molecule has 1 fully saturated rings. The maximum atomic E-state index is 14.8. The van der Waals surface area contributed by atoms with Gasteiger partial charge in [0.1, 0.15) is 28.8 Å². The minimum absolute atomic E-state index is 0.0274. The van der Waals surface area contributed by atoms with E-state index in [2.05, 4.69) is 4.74 Å². The molecule has 1 N–H and O–H groups in total. The van der Waals surface area contributed by atoms with Crippen molar-refractivity contribution in [1.82, 2.24) is 0 Å².